The molecule has 0 spiro atoms. The summed E-state index contributed by atoms with van der Waals surface area (Å²) in [5.41, 5.74) is -0.344. The molecule has 2 amide bonds. The van der Waals surface area contributed by atoms with Gasteiger partial charge in [0.15, 0.2) is 11.7 Å². The van der Waals surface area contributed by atoms with Gasteiger partial charge >= 0.3 is 11.9 Å². The van der Waals surface area contributed by atoms with Crippen molar-refractivity contribution in [2.24, 2.45) is 5.92 Å². The first kappa shape index (κ1) is 30.5. The van der Waals surface area contributed by atoms with E-state index in [0.717, 1.165) is 0 Å². The zero-order valence-corrected chi connectivity index (χ0v) is 23.9. The number of hydrogen-bond acceptors (Lipinski definition) is 8. The number of carbonyl (C=O) groups is 5. The molecule has 0 saturated heterocycles. The minimum absolute atomic E-state index is 0.0429. The van der Waals surface area contributed by atoms with Crippen molar-refractivity contribution in [2.75, 3.05) is 13.2 Å². The van der Waals surface area contributed by atoms with Crippen molar-refractivity contribution in [3.63, 3.8) is 0 Å². The molecule has 0 bridgehead atoms. The molecule has 9 nitrogen and oxygen atoms in total. The maximum Gasteiger partial charge on any atom is 0.320 e. The Balaban J connectivity index is 1.50. The first-order valence-electron chi connectivity index (χ1n) is 13.3. The van der Waals surface area contributed by atoms with Crippen LogP contribution in [0.4, 0.5) is 0 Å². The number of fused-ring (bicyclic) bond motifs is 1. The molecule has 0 fully saturated rings. The Morgan fingerprint density at radius 3 is 1.75 bits per heavy atom. The molecule has 2 aromatic rings. The van der Waals surface area contributed by atoms with E-state index in [1.165, 1.54) is 4.90 Å². The molecule has 0 radical (unpaired) electrons. The number of nitrogens with zero attached hydrogens (tertiary/aromatic N) is 1. The standard InChI is InChI=1S/C31H37NO8/c1-30(2,3)39-28(36)24(29(37)40-31(4,5)6)16-17-25(33)20-12-14-21(15-13-20)38-19-9-18-32-26(34)22-10-7-8-11-23(22)27(32)35/h7-8,10-15,24H,9,16-19H2,1-6H3. The van der Waals surface area contributed by atoms with Crippen LogP contribution in [0.1, 0.15) is 91.9 Å². The summed E-state index contributed by atoms with van der Waals surface area (Å²) in [6.07, 6.45) is 0.352. The van der Waals surface area contributed by atoms with Crippen molar-refractivity contribution >= 4 is 29.5 Å². The molecule has 2 aromatic carbocycles. The lowest BCUT2D eigenvalue weighted by Crippen LogP contribution is -2.37. The maximum atomic E-state index is 12.8. The Bertz CT molecular complexity index is 1200. The smallest absolute Gasteiger partial charge is 0.320 e. The first-order valence-corrected chi connectivity index (χ1v) is 13.3. The summed E-state index contributed by atoms with van der Waals surface area (Å²) in [5, 5.41) is 0. The fourth-order valence-electron chi connectivity index (χ4n) is 4.09. The molecule has 1 heterocycles. The second kappa shape index (κ2) is 12.4. The number of ether oxygens (including phenoxy) is 3. The third-order valence-electron chi connectivity index (χ3n) is 5.89. The molecule has 40 heavy (non-hydrogen) atoms. The van der Waals surface area contributed by atoms with Gasteiger partial charge in [-0.3, -0.25) is 28.9 Å². The third kappa shape index (κ3) is 8.24. The second-order valence-corrected chi connectivity index (χ2v) is 11.6. The fourth-order valence-corrected chi connectivity index (χ4v) is 4.09. The van der Waals surface area contributed by atoms with Crippen molar-refractivity contribution in [1.82, 2.24) is 4.90 Å². The summed E-state index contributed by atoms with van der Waals surface area (Å²) in [6, 6.07) is 13.3. The van der Waals surface area contributed by atoms with E-state index in [1.54, 1.807) is 90.1 Å². The highest BCUT2D eigenvalue weighted by atomic mass is 16.6. The molecule has 1 aliphatic heterocycles. The van der Waals surface area contributed by atoms with Gasteiger partial charge in [-0.05, 0) is 90.8 Å². The van der Waals surface area contributed by atoms with E-state index in [4.69, 9.17) is 14.2 Å². The monoisotopic (exact) mass is 551 g/mol. The minimum Gasteiger partial charge on any atom is -0.494 e. The molecular formula is C31H37NO8. The van der Waals surface area contributed by atoms with Crippen molar-refractivity contribution in [1.29, 1.82) is 0 Å². The van der Waals surface area contributed by atoms with Crippen LogP contribution in [0.15, 0.2) is 48.5 Å². The normalized spacial score (nSPS) is 13.3. The van der Waals surface area contributed by atoms with Crippen molar-refractivity contribution < 1.29 is 38.2 Å². The summed E-state index contributed by atoms with van der Waals surface area (Å²) in [6.45, 7) is 10.7. The van der Waals surface area contributed by atoms with Crippen LogP contribution in [-0.2, 0) is 19.1 Å². The van der Waals surface area contributed by atoms with Crippen LogP contribution in [0.3, 0.4) is 0 Å². The molecule has 0 N–H and O–H groups in total. The topological polar surface area (TPSA) is 116 Å². The second-order valence-electron chi connectivity index (χ2n) is 11.6. The molecular weight excluding hydrogens is 514 g/mol. The summed E-state index contributed by atoms with van der Waals surface area (Å²) >= 11 is 0. The number of rotatable bonds is 11. The number of benzene rings is 2. The fraction of sp³-hybridized carbons (Fsp3) is 0.452. The van der Waals surface area contributed by atoms with Crippen LogP contribution in [0, 0.1) is 5.92 Å². The lowest BCUT2D eigenvalue weighted by atomic mass is 9.98. The van der Waals surface area contributed by atoms with Crippen LogP contribution >= 0.6 is 0 Å². The number of hydrogen-bond donors (Lipinski definition) is 0. The van der Waals surface area contributed by atoms with Crippen LogP contribution in [0.2, 0.25) is 0 Å². The third-order valence-corrected chi connectivity index (χ3v) is 5.89. The van der Waals surface area contributed by atoms with E-state index < -0.39 is 29.1 Å². The Labute approximate surface area is 234 Å². The van der Waals surface area contributed by atoms with Gasteiger partial charge < -0.3 is 14.2 Å². The Morgan fingerprint density at radius 2 is 1.27 bits per heavy atom. The van der Waals surface area contributed by atoms with Crippen LogP contribution in [-0.4, -0.2) is 58.8 Å². The van der Waals surface area contributed by atoms with Crippen LogP contribution < -0.4 is 4.74 Å². The lowest BCUT2D eigenvalue weighted by Gasteiger charge is -2.26. The number of amides is 2. The summed E-state index contributed by atoms with van der Waals surface area (Å²) in [5.74, 6) is -2.98. The quantitative estimate of drug-likeness (QED) is 0.126. The molecule has 1 aliphatic rings. The van der Waals surface area contributed by atoms with Gasteiger partial charge in [-0.15, -0.1) is 0 Å². The number of carbonyl (C=O) groups excluding carboxylic acids is 5. The van der Waals surface area contributed by atoms with Gasteiger partial charge in [0.2, 0.25) is 0 Å². The largest absolute Gasteiger partial charge is 0.494 e. The number of imide groups is 1. The zero-order chi connectivity index (χ0) is 29.7. The highest BCUT2D eigenvalue weighted by Gasteiger charge is 2.36. The SMILES string of the molecule is CC(C)(C)OC(=O)C(CCC(=O)c1ccc(OCCCN2C(=O)c3ccccc3C2=O)cc1)C(=O)OC(C)(C)C. The molecule has 0 atom stereocenters. The number of Topliss-reactive ketones (excluding diaryl/α,β-unsaturated/α-hetero) is 1. The van der Waals surface area contributed by atoms with Gasteiger partial charge in [0.25, 0.3) is 11.8 Å². The van der Waals surface area contributed by atoms with Crippen molar-refractivity contribution in [2.45, 2.75) is 72.0 Å². The lowest BCUT2D eigenvalue weighted by molar-refractivity contribution is -0.174. The van der Waals surface area contributed by atoms with E-state index >= 15 is 0 Å². The van der Waals surface area contributed by atoms with Gasteiger partial charge in [-0.2, -0.15) is 0 Å². The van der Waals surface area contributed by atoms with Gasteiger partial charge in [-0.1, -0.05) is 12.1 Å². The molecule has 0 saturated carbocycles. The molecule has 214 valence electrons. The van der Waals surface area contributed by atoms with E-state index in [9.17, 15) is 24.0 Å². The highest BCUT2D eigenvalue weighted by Crippen LogP contribution is 2.24. The maximum absolute atomic E-state index is 12.8. The number of esters is 2. The van der Waals surface area contributed by atoms with Crippen molar-refractivity contribution in [3.05, 3.63) is 65.2 Å². The van der Waals surface area contributed by atoms with Gasteiger partial charge in [0.05, 0.1) is 17.7 Å². The van der Waals surface area contributed by atoms with Crippen LogP contribution in [0.25, 0.3) is 0 Å². The average molecular weight is 552 g/mol. The molecule has 0 aliphatic carbocycles. The van der Waals surface area contributed by atoms with Gasteiger partial charge in [0.1, 0.15) is 17.0 Å². The van der Waals surface area contributed by atoms with E-state index in [1.807, 2.05) is 0 Å². The number of ketones is 1. The molecule has 0 unspecified atom stereocenters. The Kier molecular flexibility index (Phi) is 9.50. The molecule has 3 rings (SSSR count). The van der Waals surface area contributed by atoms with Crippen LogP contribution in [0.5, 0.6) is 5.75 Å². The minimum atomic E-state index is -1.22. The highest BCUT2D eigenvalue weighted by molar-refractivity contribution is 6.21. The predicted octanol–water partition coefficient (Wildman–Crippen LogP) is 5.01. The van der Waals surface area contributed by atoms with Gasteiger partial charge in [0, 0.05) is 18.5 Å². The predicted molar refractivity (Wildman–Crippen MR) is 147 cm³/mol. The summed E-state index contributed by atoms with van der Waals surface area (Å²) in [4.78, 5) is 64.3. The van der Waals surface area contributed by atoms with E-state index in [0.29, 0.717) is 28.9 Å². The Hall–Kier alpha value is -4.01. The summed E-state index contributed by atoms with van der Waals surface area (Å²) < 4.78 is 16.5. The summed E-state index contributed by atoms with van der Waals surface area (Å²) in [7, 11) is 0. The first-order chi connectivity index (χ1) is 18.7. The molecule has 0 aromatic heterocycles. The van der Waals surface area contributed by atoms with Gasteiger partial charge in [-0.25, -0.2) is 0 Å². The van der Waals surface area contributed by atoms with E-state index in [-0.39, 0.29) is 43.6 Å². The average Bonchev–Trinajstić information content (AvgIpc) is 3.09. The Morgan fingerprint density at radius 1 is 0.775 bits per heavy atom. The molecule has 9 heteroatoms. The van der Waals surface area contributed by atoms with E-state index in [2.05, 4.69) is 0 Å². The van der Waals surface area contributed by atoms with Crippen molar-refractivity contribution in [3.8, 4) is 5.75 Å². The zero-order valence-electron chi connectivity index (χ0n) is 23.9.